The maximum atomic E-state index is 11.7. The summed E-state index contributed by atoms with van der Waals surface area (Å²) in [6.45, 7) is 7.68. The second kappa shape index (κ2) is 7.45. The average molecular weight is 254 g/mol. The van der Waals surface area contributed by atoms with Crippen LogP contribution in [0, 0.1) is 5.92 Å². The van der Waals surface area contributed by atoms with Gasteiger partial charge in [0.15, 0.2) is 0 Å². The fraction of sp³-hybridized carbons (Fsp3) is 0.615. The summed E-state index contributed by atoms with van der Waals surface area (Å²) < 4.78 is 0. The molecule has 3 nitrogen and oxygen atoms in total. The minimum Gasteiger partial charge on any atom is -0.354 e. The first-order chi connectivity index (χ1) is 8.09. The first kappa shape index (κ1) is 14.2. The van der Waals surface area contributed by atoms with Crippen LogP contribution in [0.25, 0.3) is 0 Å². The summed E-state index contributed by atoms with van der Waals surface area (Å²) in [5.41, 5.74) is 1.33. The smallest absolute Gasteiger partial charge is 0.236 e. The lowest BCUT2D eigenvalue weighted by molar-refractivity contribution is -0.122. The Labute approximate surface area is 108 Å². The monoisotopic (exact) mass is 254 g/mol. The SMILES string of the molecule is CC(C)CNC(=O)C(C)NCCc1ccsc1. The van der Waals surface area contributed by atoms with Crippen molar-refractivity contribution in [2.75, 3.05) is 13.1 Å². The summed E-state index contributed by atoms with van der Waals surface area (Å²) in [5.74, 6) is 0.584. The van der Waals surface area contributed by atoms with Gasteiger partial charge in [0.1, 0.15) is 0 Å². The first-order valence-electron chi connectivity index (χ1n) is 6.11. The van der Waals surface area contributed by atoms with Crippen molar-refractivity contribution in [2.45, 2.75) is 33.2 Å². The van der Waals surface area contributed by atoms with Crippen molar-refractivity contribution in [1.82, 2.24) is 10.6 Å². The third-order valence-electron chi connectivity index (χ3n) is 2.52. The molecule has 0 fully saturated rings. The van der Waals surface area contributed by atoms with Crippen LogP contribution in [0.3, 0.4) is 0 Å². The summed E-state index contributed by atoms with van der Waals surface area (Å²) in [7, 11) is 0. The molecule has 0 aliphatic heterocycles. The van der Waals surface area contributed by atoms with Crippen LogP contribution < -0.4 is 10.6 Å². The number of carbonyl (C=O) groups is 1. The Balaban J connectivity index is 2.15. The van der Waals surface area contributed by atoms with Crippen LogP contribution in [-0.2, 0) is 11.2 Å². The van der Waals surface area contributed by atoms with Gasteiger partial charge < -0.3 is 10.6 Å². The first-order valence-corrected chi connectivity index (χ1v) is 7.06. The second-order valence-corrected chi connectivity index (χ2v) is 5.48. The van der Waals surface area contributed by atoms with Crippen molar-refractivity contribution >= 4 is 17.2 Å². The van der Waals surface area contributed by atoms with Gasteiger partial charge in [0.2, 0.25) is 5.91 Å². The number of hydrogen-bond acceptors (Lipinski definition) is 3. The Morgan fingerprint density at radius 3 is 2.76 bits per heavy atom. The van der Waals surface area contributed by atoms with E-state index in [9.17, 15) is 4.79 Å². The molecule has 1 aromatic heterocycles. The van der Waals surface area contributed by atoms with Crippen molar-refractivity contribution in [1.29, 1.82) is 0 Å². The zero-order valence-corrected chi connectivity index (χ0v) is 11.6. The van der Waals surface area contributed by atoms with Gasteiger partial charge >= 0.3 is 0 Å². The van der Waals surface area contributed by atoms with Crippen LogP contribution in [0.1, 0.15) is 26.3 Å². The van der Waals surface area contributed by atoms with Crippen LogP contribution in [-0.4, -0.2) is 25.0 Å². The molecule has 0 aliphatic rings. The summed E-state index contributed by atoms with van der Waals surface area (Å²) in [4.78, 5) is 11.7. The van der Waals surface area contributed by atoms with Gasteiger partial charge in [0.25, 0.3) is 0 Å². The Kier molecular flexibility index (Phi) is 6.22. The van der Waals surface area contributed by atoms with E-state index in [1.165, 1.54) is 5.56 Å². The van der Waals surface area contributed by atoms with E-state index in [-0.39, 0.29) is 11.9 Å². The molecule has 1 amide bonds. The highest BCUT2D eigenvalue weighted by Crippen LogP contribution is 2.05. The third-order valence-corrected chi connectivity index (χ3v) is 3.25. The van der Waals surface area contributed by atoms with Gasteiger partial charge in [0.05, 0.1) is 6.04 Å². The zero-order valence-electron chi connectivity index (χ0n) is 10.8. The maximum absolute atomic E-state index is 11.7. The Morgan fingerprint density at radius 1 is 1.41 bits per heavy atom. The van der Waals surface area contributed by atoms with Gasteiger partial charge in [0, 0.05) is 6.54 Å². The highest BCUT2D eigenvalue weighted by Gasteiger charge is 2.11. The van der Waals surface area contributed by atoms with Crippen LogP contribution >= 0.6 is 11.3 Å². The lowest BCUT2D eigenvalue weighted by atomic mass is 10.2. The average Bonchev–Trinajstić information content (AvgIpc) is 2.78. The normalized spacial score (nSPS) is 12.7. The molecule has 0 saturated heterocycles. The van der Waals surface area contributed by atoms with Crippen molar-refractivity contribution in [3.8, 4) is 0 Å². The zero-order chi connectivity index (χ0) is 12.7. The fourth-order valence-corrected chi connectivity index (χ4v) is 2.12. The van der Waals surface area contributed by atoms with E-state index in [2.05, 4.69) is 41.3 Å². The summed E-state index contributed by atoms with van der Waals surface area (Å²) >= 11 is 1.71. The summed E-state index contributed by atoms with van der Waals surface area (Å²) in [5, 5.41) is 10.4. The molecule has 1 unspecified atom stereocenters. The molecule has 0 radical (unpaired) electrons. The molecule has 0 saturated carbocycles. The molecule has 0 spiro atoms. The predicted molar refractivity (Wildman–Crippen MR) is 73.3 cm³/mol. The number of nitrogens with one attached hydrogen (secondary N) is 2. The number of amides is 1. The summed E-state index contributed by atoms with van der Waals surface area (Å²) in [6.07, 6.45) is 0.977. The predicted octanol–water partition coefficient (Wildman–Crippen LogP) is 2.04. The number of thiophene rings is 1. The van der Waals surface area contributed by atoms with Gasteiger partial charge in [-0.3, -0.25) is 4.79 Å². The van der Waals surface area contributed by atoms with Crippen molar-refractivity contribution in [3.63, 3.8) is 0 Å². The Morgan fingerprint density at radius 2 is 2.18 bits per heavy atom. The molecule has 0 aromatic carbocycles. The summed E-state index contributed by atoms with van der Waals surface area (Å²) in [6, 6.07) is 2.00. The van der Waals surface area contributed by atoms with E-state index >= 15 is 0 Å². The van der Waals surface area contributed by atoms with Gasteiger partial charge in [-0.15, -0.1) is 0 Å². The van der Waals surface area contributed by atoms with Gasteiger partial charge in [-0.1, -0.05) is 13.8 Å². The third kappa shape index (κ3) is 5.84. The molecule has 0 bridgehead atoms. The van der Waals surface area contributed by atoms with Gasteiger partial charge in [-0.05, 0) is 48.2 Å². The van der Waals surface area contributed by atoms with E-state index in [4.69, 9.17) is 0 Å². The van der Waals surface area contributed by atoms with E-state index in [1.54, 1.807) is 11.3 Å². The molecule has 2 N–H and O–H groups in total. The molecule has 96 valence electrons. The molecule has 1 rings (SSSR count). The van der Waals surface area contributed by atoms with Crippen LogP contribution in [0.15, 0.2) is 16.8 Å². The Bertz CT molecular complexity index is 322. The molecule has 4 heteroatoms. The topological polar surface area (TPSA) is 41.1 Å². The quantitative estimate of drug-likeness (QED) is 0.782. The van der Waals surface area contributed by atoms with Gasteiger partial charge in [-0.2, -0.15) is 11.3 Å². The number of carbonyl (C=O) groups excluding carboxylic acids is 1. The molecule has 1 atom stereocenters. The lowest BCUT2D eigenvalue weighted by Crippen LogP contribution is -2.43. The van der Waals surface area contributed by atoms with Crippen LogP contribution in [0.2, 0.25) is 0 Å². The molecule has 1 aromatic rings. The molecular weight excluding hydrogens is 232 g/mol. The van der Waals surface area contributed by atoms with E-state index in [0.29, 0.717) is 5.92 Å². The highest BCUT2D eigenvalue weighted by molar-refractivity contribution is 7.07. The van der Waals surface area contributed by atoms with Gasteiger partial charge in [-0.25, -0.2) is 0 Å². The molecule has 1 heterocycles. The fourth-order valence-electron chi connectivity index (χ4n) is 1.42. The molecule has 17 heavy (non-hydrogen) atoms. The minimum atomic E-state index is -0.118. The van der Waals surface area contributed by atoms with E-state index in [1.807, 2.05) is 6.92 Å². The van der Waals surface area contributed by atoms with E-state index < -0.39 is 0 Å². The molecular formula is C13H22N2OS. The standard InChI is InChI=1S/C13H22N2OS/c1-10(2)8-15-13(16)11(3)14-6-4-12-5-7-17-9-12/h5,7,9-11,14H,4,6,8H2,1-3H3,(H,15,16). The maximum Gasteiger partial charge on any atom is 0.236 e. The minimum absolute atomic E-state index is 0.0871. The van der Waals surface area contributed by atoms with Crippen molar-refractivity contribution < 1.29 is 4.79 Å². The second-order valence-electron chi connectivity index (χ2n) is 4.70. The van der Waals surface area contributed by atoms with E-state index in [0.717, 1.165) is 19.5 Å². The van der Waals surface area contributed by atoms with Crippen molar-refractivity contribution in [2.24, 2.45) is 5.92 Å². The highest BCUT2D eigenvalue weighted by atomic mass is 32.1. The van der Waals surface area contributed by atoms with Crippen molar-refractivity contribution in [3.05, 3.63) is 22.4 Å². The van der Waals surface area contributed by atoms with Crippen LogP contribution in [0.5, 0.6) is 0 Å². The number of hydrogen-bond donors (Lipinski definition) is 2. The molecule has 0 aliphatic carbocycles. The largest absolute Gasteiger partial charge is 0.354 e. The lowest BCUT2D eigenvalue weighted by Gasteiger charge is -2.14. The van der Waals surface area contributed by atoms with Crippen LogP contribution in [0.4, 0.5) is 0 Å². The number of rotatable bonds is 7. The Hall–Kier alpha value is -0.870.